The molecule has 1 fully saturated rings. The average Bonchev–Trinajstić information content (AvgIpc) is 2.96. The van der Waals surface area contributed by atoms with Crippen molar-refractivity contribution >= 4 is 0 Å². The van der Waals surface area contributed by atoms with E-state index in [0.29, 0.717) is 5.92 Å². The maximum absolute atomic E-state index is 4.69. The average molecular weight is 233 g/mol. The first-order valence-electron chi connectivity index (χ1n) is 6.55. The van der Waals surface area contributed by atoms with E-state index in [9.17, 15) is 0 Å². The SMILES string of the molecule is Cc1cc(CNCC(C)C)nc(C2(C)CC2)n1. The van der Waals surface area contributed by atoms with E-state index in [2.05, 4.69) is 44.1 Å². The van der Waals surface area contributed by atoms with Crippen LogP contribution >= 0.6 is 0 Å². The van der Waals surface area contributed by atoms with Gasteiger partial charge in [-0.05, 0) is 38.3 Å². The lowest BCUT2D eigenvalue weighted by Gasteiger charge is -2.11. The molecule has 94 valence electrons. The van der Waals surface area contributed by atoms with E-state index in [4.69, 9.17) is 4.98 Å². The van der Waals surface area contributed by atoms with Gasteiger partial charge in [0.05, 0.1) is 5.69 Å². The summed E-state index contributed by atoms with van der Waals surface area (Å²) in [6.45, 7) is 10.6. The van der Waals surface area contributed by atoms with Crippen LogP contribution < -0.4 is 5.32 Å². The highest BCUT2D eigenvalue weighted by atomic mass is 15.0. The monoisotopic (exact) mass is 233 g/mol. The van der Waals surface area contributed by atoms with E-state index in [1.54, 1.807) is 0 Å². The third-order valence-corrected chi connectivity index (χ3v) is 3.31. The van der Waals surface area contributed by atoms with Crippen molar-refractivity contribution in [2.24, 2.45) is 5.92 Å². The van der Waals surface area contributed by atoms with E-state index in [1.807, 2.05) is 0 Å². The van der Waals surface area contributed by atoms with Crippen LogP contribution in [0, 0.1) is 12.8 Å². The number of aromatic nitrogens is 2. The lowest BCUT2D eigenvalue weighted by atomic mass is 10.1. The fourth-order valence-corrected chi connectivity index (χ4v) is 1.89. The summed E-state index contributed by atoms with van der Waals surface area (Å²) in [6, 6.07) is 2.09. The Balaban J connectivity index is 2.04. The van der Waals surface area contributed by atoms with Crippen LogP contribution in [0.1, 0.15) is 50.8 Å². The van der Waals surface area contributed by atoms with Crippen LogP contribution in [0.2, 0.25) is 0 Å². The molecule has 0 radical (unpaired) electrons. The van der Waals surface area contributed by atoms with Gasteiger partial charge in [0.1, 0.15) is 5.82 Å². The lowest BCUT2D eigenvalue weighted by molar-refractivity contribution is 0.544. The number of rotatable bonds is 5. The zero-order valence-corrected chi connectivity index (χ0v) is 11.4. The van der Waals surface area contributed by atoms with Gasteiger partial charge in [0, 0.05) is 17.7 Å². The topological polar surface area (TPSA) is 37.8 Å². The fraction of sp³-hybridized carbons (Fsp3) is 0.714. The molecule has 0 bridgehead atoms. The molecular formula is C14H23N3. The van der Waals surface area contributed by atoms with Gasteiger partial charge in [-0.1, -0.05) is 20.8 Å². The van der Waals surface area contributed by atoms with Gasteiger partial charge in [0.25, 0.3) is 0 Å². The maximum atomic E-state index is 4.69. The van der Waals surface area contributed by atoms with Crippen LogP contribution in [0.3, 0.4) is 0 Å². The highest BCUT2D eigenvalue weighted by molar-refractivity contribution is 5.20. The van der Waals surface area contributed by atoms with Gasteiger partial charge in [0.2, 0.25) is 0 Å². The number of hydrogen-bond donors (Lipinski definition) is 1. The highest BCUT2D eigenvalue weighted by Gasteiger charge is 2.42. The molecule has 0 unspecified atom stereocenters. The summed E-state index contributed by atoms with van der Waals surface area (Å²) in [4.78, 5) is 9.26. The molecular weight excluding hydrogens is 210 g/mol. The van der Waals surface area contributed by atoms with Gasteiger partial charge < -0.3 is 5.32 Å². The van der Waals surface area contributed by atoms with Crippen molar-refractivity contribution in [3.63, 3.8) is 0 Å². The number of aryl methyl sites for hydroxylation is 1. The first kappa shape index (κ1) is 12.5. The fourth-order valence-electron chi connectivity index (χ4n) is 1.89. The van der Waals surface area contributed by atoms with Crippen LogP contribution in [-0.4, -0.2) is 16.5 Å². The predicted octanol–water partition coefficient (Wildman–Crippen LogP) is 2.58. The molecule has 1 aromatic rings. The lowest BCUT2D eigenvalue weighted by Crippen LogP contribution is -2.21. The standard InChI is InChI=1S/C14H23N3/c1-10(2)8-15-9-12-7-11(3)16-13(17-12)14(4)5-6-14/h7,10,15H,5-6,8-9H2,1-4H3. The Bertz CT molecular complexity index is 394. The summed E-state index contributed by atoms with van der Waals surface area (Å²) in [6.07, 6.45) is 2.46. The van der Waals surface area contributed by atoms with Crippen molar-refractivity contribution in [1.29, 1.82) is 0 Å². The van der Waals surface area contributed by atoms with Crippen LogP contribution in [0.4, 0.5) is 0 Å². The molecule has 1 saturated carbocycles. The summed E-state index contributed by atoms with van der Waals surface area (Å²) >= 11 is 0. The van der Waals surface area contributed by atoms with Crippen molar-refractivity contribution in [1.82, 2.24) is 15.3 Å². The van der Waals surface area contributed by atoms with E-state index >= 15 is 0 Å². The molecule has 1 heterocycles. The molecule has 0 spiro atoms. The Morgan fingerprint density at radius 1 is 1.35 bits per heavy atom. The van der Waals surface area contributed by atoms with Gasteiger partial charge in [-0.25, -0.2) is 9.97 Å². The summed E-state index contributed by atoms with van der Waals surface area (Å²) in [5.41, 5.74) is 2.48. The largest absolute Gasteiger partial charge is 0.311 e. The summed E-state index contributed by atoms with van der Waals surface area (Å²) in [7, 11) is 0. The second kappa shape index (κ2) is 4.73. The molecule has 1 aromatic heterocycles. The highest BCUT2D eigenvalue weighted by Crippen LogP contribution is 2.45. The third kappa shape index (κ3) is 3.25. The van der Waals surface area contributed by atoms with Gasteiger partial charge in [-0.3, -0.25) is 0 Å². The van der Waals surface area contributed by atoms with Crippen molar-refractivity contribution in [3.05, 3.63) is 23.3 Å². The van der Waals surface area contributed by atoms with Gasteiger partial charge in [-0.2, -0.15) is 0 Å². The Hall–Kier alpha value is -0.960. The first-order chi connectivity index (χ1) is 7.99. The number of nitrogens with zero attached hydrogens (tertiary/aromatic N) is 2. The molecule has 2 rings (SSSR count). The third-order valence-electron chi connectivity index (χ3n) is 3.31. The van der Waals surface area contributed by atoms with Crippen molar-refractivity contribution in [2.75, 3.05) is 6.54 Å². The van der Waals surface area contributed by atoms with Gasteiger partial charge in [0.15, 0.2) is 0 Å². The molecule has 17 heavy (non-hydrogen) atoms. The molecule has 0 amide bonds. The molecule has 0 atom stereocenters. The van der Waals surface area contributed by atoms with E-state index < -0.39 is 0 Å². The Morgan fingerprint density at radius 2 is 2.06 bits per heavy atom. The van der Waals surface area contributed by atoms with Gasteiger partial charge in [-0.15, -0.1) is 0 Å². The minimum atomic E-state index is 0.263. The van der Waals surface area contributed by atoms with E-state index in [0.717, 1.165) is 30.3 Å². The summed E-state index contributed by atoms with van der Waals surface area (Å²) < 4.78 is 0. The van der Waals surface area contributed by atoms with E-state index in [1.165, 1.54) is 12.8 Å². The van der Waals surface area contributed by atoms with Crippen LogP contribution in [-0.2, 0) is 12.0 Å². The maximum Gasteiger partial charge on any atom is 0.134 e. The Labute approximate surface area is 104 Å². The minimum absolute atomic E-state index is 0.263. The number of hydrogen-bond acceptors (Lipinski definition) is 3. The van der Waals surface area contributed by atoms with Gasteiger partial charge >= 0.3 is 0 Å². The van der Waals surface area contributed by atoms with Crippen LogP contribution in [0.15, 0.2) is 6.07 Å². The smallest absolute Gasteiger partial charge is 0.134 e. The zero-order valence-electron chi connectivity index (χ0n) is 11.4. The number of nitrogens with one attached hydrogen (secondary N) is 1. The Morgan fingerprint density at radius 3 is 2.65 bits per heavy atom. The molecule has 0 aromatic carbocycles. The molecule has 3 nitrogen and oxygen atoms in total. The molecule has 0 aliphatic heterocycles. The normalized spacial score (nSPS) is 17.5. The summed E-state index contributed by atoms with van der Waals surface area (Å²) in [5, 5.41) is 3.44. The quantitative estimate of drug-likeness (QED) is 0.849. The second-order valence-electron chi connectivity index (χ2n) is 5.91. The molecule has 1 aliphatic carbocycles. The predicted molar refractivity (Wildman–Crippen MR) is 69.9 cm³/mol. The van der Waals surface area contributed by atoms with Crippen LogP contribution in [0.5, 0.6) is 0 Å². The molecule has 1 N–H and O–H groups in total. The zero-order chi connectivity index (χ0) is 12.5. The molecule has 1 aliphatic rings. The second-order valence-corrected chi connectivity index (χ2v) is 5.91. The minimum Gasteiger partial charge on any atom is -0.311 e. The van der Waals surface area contributed by atoms with Crippen molar-refractivity contribution < 1.29 is 0 Å². The molecule has 3 heteroatoms. The summed E-state index contributed by atoms with van der Waals surface area (Å²) in [5.74, 6) is 1.72. The van der Waals surface area contributed by atoms with Crippen LogP contribution in [0.25, 0.3) is 0 Å². The van der Waals surface area contributed by atoms with E-state index in [-0.39, 0.29) is 5.41 Å². The first-order valence-corrected chi connectivity index (χ1v) is 6.55. The van der Waals surface area contributed by atoms with Crippen molar-refractivity contribution in [3.8, 4) is 0 Å². The molecule has 0 saturated heterocycles. The van der Waals surface area contributed by atoms with Crippen molar-refractivity contribution in [2.45, 2.75) is 52.5 Å². The Kier molecular flexibility index (Phi) is 3.48.